The first-order chi connectivity index (χ1) is 4.61. The van der Waals surface area contributed by atoms with Crippen LogP contribution in [0.15, 0.2) is 0 Å². The molecule has 0 amide bonds. The van der Waals surface area contributed by atoms with Crippen molar-refractivity contribution in [2.45, 2.75) is 32.3 Å². The molecule has 0 radical (unpaired) electrons. The number of aliphatic hydroxyl groups excluding tert-OH is 1. The molecule has 0 aromatic rings. The Morgan fingerprint density at radius 1 is 1.60 bits per heavy atom. The molecular formula is C6H14BNO2. The Bertz CT molecular complexity index is 120. The van der Waals surface area contributed by atoms with E-state index in [1.165, 1.54) is 0 Å². The van der Waals surface area contributed by atoms with Gasteiger partial charge in [0.05, 0.1) is 6.10 Å². The second kappa shape index (κ2) is 2.90. The number of nitrogens with zero attached hydrogens (tertiary/aromatic N) is 1. The Morgan fingerprint density at radius 3 is 2.40 bits per heavy atom. The molecule has 1 aliphatic rings. The predicted octanol–water partition coefficient (Wildman–Crippen LogP) is -0.448. The van der Waals surface area contributed by atoms with Crippen LogP contribution in [0, 0.1) is 0 Å². The Labute approximate surface area is 61.8 Å². The molecule has 0 unspecified atom stereocenters. The standard InChI is InChI=1S/C6H14BNO2/c1-5-3-6(9)4-8(5)7(2)10/h5-6,9-10H,3-4H2,1-2H3/t5-,6-/m0/s1. The Balaban J connectivity index is 2.46. The highest BCUT2D eigenvalue weighted by Gasteiger charge is 2.31. The minimum absolute atomic E-state index is 0.246. The third kappa shape index (κ3) is 1.51. The summed E-state index contributed by atoms with van der Waals surface area (Å²) in [6.07, 6.45) is 0.537. The summed E-state index contributed by atoms with van der Waals surface area (Å²) in [6.45, 7) is 4.36. The molecule has 1 heterocycles. The molecular weight excluding hydrogens is 129 g/mol. The molecule has 0 aromatic carbocycles. The summed E-state index contributed by atoms with van der Waals surface area (Å²) in [7, 11) is -0.424. The average Bonchev–Trinajstić information content (AvgIpc) is 2.10. The molecule has 1 aliphatic heterocycles. The lowest BCUT2D eigenvalue weighted by Crippen LogP contribution is -2.39. The third-order valence-corrected chi connectivity index (χ3v) is 2.08. The molecule has 4 heteroatoms. The summed E-state index contributed by atoms with van der Waals surface area (Å²) >= 11 is 0. The first kappa shape index (κ1) is 8.05. The molecule has 0 bridgehead atoms. The van der Waals surface area contributed by atoms with Gasteiger partial charge in [0, 0.05) is 12.6 Å². The topological polar surface area (TPSA) is 43.7 Å². The van der Waals surface area contributed by atoms with Crippen LogP contribution in [-0.2, 0) is 0 Å². The maximum Gasteiger partial charge on any atom is 0.376 e. The molecule has 1 fully saturated rings. The predicted molar refractivity (Wildman–Crippen MR) is 40.6 cm³/mol. The molecule has 3 nitrogen and oxygen atoms in total. The normalized spacial score (nSPS) is 34.8. The summed E-state index contributed by atoms with van der Waals surface area (Å²) in [6, 6.07) is 0.315. The van der Waals surface area contributed by atoms with Gasteiger partial charge in [-0.3, -0.25) is 0 Å². The molecule has 1 saturated heterocycles. The lowest BCUT2D eigenvalue weighted by Gasteiger charge is -2.20. The van der Waals surface area contributed by atoms with Gasteiger partial charge in [0.25, 0.3) is 0 Å². The van der Waals surface area contributed by atoms with Crippen LogP contribution in [0.5, 0.6) is 0 Å². The van der Waals surface area contributed by atoms with Crippen LogP contribution >= 0.6 is 0 Å². The maximum atomic E-state index is 9.17. The summed E-state index contributed by atoms with van der Waals surface area (Å²) in [5, 5.41) is 18.3. The highest BCUT2D eigenvalue weighted by molar-refractivity contribution is 6.45. The van der Waals surface area contributed by atoms with Crippen molar-refractivity contribution >= 4 is 7.05 Å². The zero-order valence-corrected chi connectivity index (χ0v) is 6.49. The van der Waals surface area contributed by atoms with Crippen LogP contribution in [0.1, 0.15) is 13.3 Å². The summed E-state index contributed by atoms with van der Waals surface area (Å²) < 4.78 is 0. The lowest BCUT2D eigenvalue weighted by atomic mass is 9.84. The van der Waals surface area contributed by atoms with Crippen molar-refractivity contribution in [1.82, 2.24) is 4.81 Å². The van der Waals surface area contributed by atoms with Crippen molar-refractivity contribution < 1.29 is 10.1 Å². The van der Waals surface area contributed by atoms with Gasteiger partial charge in [0.1, 0.15) is 0 Å². The average molecular weight is 143 g/mol. The number of hydrogen-bond acceptors (Lipinski definition) is 3. The van der Waals surface area contributed by atoms with Crippen LogP contribution in [-0.4, -0.2) is 40.7 Å². The SMILES string of the molecule is CB(O)N1C[C@@H](O)C[C@@H]1C. The van der Waals surface area contributed by atoms with Crippen molar-refractivity contribution in [2.75, 3.05) is 6.54 Å². The largest absolute Gasteiger partial charge is 0.437 e. The molecule has 2 N–H and O–H groups in total. The van der Waals surface area contributed by atoms with E-state index >= 15 is 0 Å². The van der Waals surface area contributed by atoms with Gasteiger partial charge in [0.15, 0.2) is 0 Å². The van der Waals surface area contributed by atoms with Gasteiger partial charge >= 0.3 is 7.05 Å². The summed E-state index contributed by atoms with van der Waals surface area (Å²) in [5.41, 5.74) is 0. The van der Waals surface area contributed by atoms with Crippen molar-refractivity contribution in [2.24, 2.45) is 0 Å². The third-order valence-electron chi connectivity index (χ3n) is 2.08. The van der Waals surface area contributed by atoms with E-state index in [1.807, 2.05) is 11.7 Å². The van der Waals surface area contributed by atoms with Crippen LogP contribution in [0.4, 0.5) is 0 Å². The summed E-state index contributed by atoms with van der Waals surface area (Å²) in [4.78, 5) is 1.89. The van der Waals surface area contributed by atoms with Crippen LogP contribution in [0.25, 0.3) is 0 Å². The van der Waals surface area contributed by atoms with E-state index in [2.05, 4.69) is 0 Å². The minimum Gasteiger partial charge on any atom is -0.437 e. The van der Waals surface area contributed by atoms with Crippen LogP contribution in [0.3, 0.4) is 0 Å². The van der Waals surface area contributed by atoms with Gasteiger partial charge in [-0.2, -0.15) is 0 Å². The Hall–Kier alpha value is -0.0551. The molecule has 0 spiro atoms. The maximum absolute atomic E-state index is 9.17. The zero-order valence-electron chi connectivity index (χ0n) is 6.49. The minimum atomic E-state index is -0.424. The van der Waals surface area contributed by atoms with Gasteiger partial charge < -0.3 is 14.9 Å². The first-order valence-corrected chi connectivity index (χ1v) is 3.73. The quantitative estimate of drug-likeness (QED) is 0.488. The Kier molecular flexibility index (Phi) is 2.34. The van der Waals surface area contributed by atoms with E-state index < -0.39 is 7.05 Å². The molecule has 0 saturated carbocycles. The van der Waals surface area contributed by atoms with E-state index in [4.69, 9.17) is 10.1 Å². The second-order valence-corrected chi connectivity index (χ2v) is 3.07. The van der Waals surface area contributed by atoms with E-state index in [9.17, 15) is 0 Å². The number of rotatable bonds is 1. The van der Waals surface area contributed by atoms with Crippen LogP contribution in [0.2, 0.25) is 6.82 Å². The van der Waals surface area contributed by atoms with Gasteiger partial charge in [-0.25, -0.2) is 0 Å². The van der Waals surface area contributed by atoms with E-state index in [-0.39, 0.29) is 6.10 Å². The molecule has 10 heavy (non-hydrogen) atoms. The van der Waals surface area contributed by atoms with Crippen LogP contribution < -0.4 is 0 Å². The molecule has 2 atom stereocenters. The van der Waals surface area contributed by atoms with Crippen molar-refractivity contribution in [1.29, 1.82) is 0 Å². The van der Waals surface area contributed by atoms with Crippen molar-refractivity contribution in [3.05, 3.63) is 0 Å². The number of hydrogen-bond donors (Lipinski definition) is 2. The smallest absolute Gasteiger partial charge is 0.376 e. The number of β-amino-alcohol motifs (C(OH)–C–C–N with tert-alkyl or cyclic N) is 1. The van der Waals surface area contributed by atoms with Gasteiger partial charge in [-0.15, -0.1) is 0 Å². The Morgan fingerprint density at radius 2 is 2.20 bits per heavy atom. The molecule has 1 rings (SSSR count). The highest BCUT2D eigenvalue weighted by atomic mass is 16.3. The second-order valence-electron chi connectivity index (χ2n) is 3.07. The number of aliphatic hydroxyl groups is 1. The van der Waals surface area contributed by atoms with Gasteiger partial charge in [0.2, 0.25) is 0 Å². The van der Waals surface area contributed by atoms with Gasteiger partial charge in [-0.1, -0.05) is 6.92 Å². The summed E-state index contributed by atoms with van der Waals surface area (Å²) in [5.74, 6) is 0. The molecule has 0 aliphatic carbocycles. The fourth-order valence-corrected chi connectivity index (χ4v) is 1.55. The zero-order chi connectivity index (χ0) is 7.72. The highest BCUT2D eigenvalue weighted by Crippen LogP contribution is 2.17. The van der Waals surface area contributed by atoms with Gasteiger partial charge in [-0.05, 0) is 13.2 Å². The van der Waals surface area contributed by atoms with E-state index in [1.54, 1.807) is 6.82 Å². The first-order valence-electron chi connectivity index (χ1n) is 3.73. The fraction of sp³-hybridized carbons (Fsp3) is 1.00. The lowest BCUT2D eigenvalue weighted by molar-refractivity contribution is 0.187. The van der Waals surface area contributed by atoms with Crippen molar-refractivity contribution in [3.8, 4) is 0 Å². The van der Waals surface area contributed by atoms with E-state index in [0.29, 0.717) is 12.6 Å². The van der Waals surface area contributed by atoms with E-state index in [0.717, 1.165) is 6.42 Å². The molecule has 58 valence electrons. The monoisotopic (exact) mass is 143 g/mol. The van der Waals surface area contributed by atoms with Crippen molar-refractivity contribution in [3.63, 3.8) is 0 Å². The fourth-order valence-electron chi connectivity index (χ4n) is 1.55. The molecule has 0 aromatic heterocycles.